The minimum Gasteiger partial charge on any atom is -0.323 e. The molecule has 1 saturated heterocycles. The number of amides is 2. The van der Waals surface area contributed by atoms with E-state index in [9.17, 15) is 14.0 Å². The summed E-state index contributed by atoms with van der Waals surface area (Å²) in [7, 11) is 0. The topological polar surface area (TPSA) is 49.4 Å². The Kier molecular flexibility index (Phi) is 3.86. The van der Waals surface area contributed by atoms with Crippen molar-refractivity contribution in [2.24, 2.45) is 0 Å². The van der Waals surface area contributed by atoms with Gasteiger partial charge in [0.2, 0.25) is 5.91 Å². The number of thioether (sulfide) groups is 1. The van der Waals surface area contributed by atoms with Crippen molar-refractivity contribution in [2.45, 2.75) is 6.92 Å². The second kappa shape index (κ2) is 5.39. The number of nitrogens with one attached hydrogen (secondary N) is 1. The van der Waals surface area contributed by atoms with Crippen LogP contribution in [0.2, 0.25) is 0 Å². The predicted molar refractivity (Wildman–Crippen MR) is 69.2 cm³/mol. The van der Waals surface area contributed by atoms with Gasteiger partial charge in [-0.25, -0.2) is 4.39 Å². The molecule has 0 bridgehead atoms. The van der Waals surface area contributed by atoms with Crippen LogP contribution in [0.25, 0.3) is 0 Å². The van der Waals surface area contributed by atoms with Crippen LogP contribution in [0.15, 0.2) is 18.2 Å². The van der Waals surface area contributed by atoms with E-state index in [1.807, 2.05) is 0 Å². The molecule has 4 nitrogen and oxygen atoms in total. The van der Waals surface area contributed by atoms with Crippen LogP contribution in [0.5, 0.6) is 0 Å². The maximum absolute atomic E-state index is 13.5. The molecular formula is C12H13FN2O2S. The minimum atomic E-state index is -0.467. The monoisotopic (exact) mass is 268 g/mol. The Hall–Kier alpha value is -1.56. The van der Waals surface area contributed by atoms with Gasteiger partial charge in [0.1, 0.15) is 12.4 Å². The van der Waals surface area contributed by atoms with E-state index < -0.39 is 5.82 Å². The number of carbonyl (C=O) groups excluding carboxylic acids is 2. The fraction of sp³-hybridized carbons (Fsp3) is 0.333. The molecule has 0 aromatic heterocycles. The Morgan fingerprint density at radius 1 is 1.56 bits per heavy atom. The summed E-state index contributed by atoms with van der Waals surface area (Å²) in [4.78, 5) is 24.4. The van der Waals surface area contributed by atoms with Gasteiger partial charge >= 0.3 is 0 Å². The third-order valence-electron chi connectivity index (χ3n) is 2.58. The van der Waals surface area contributed by atoms with Gasteiger partial charge in [0.15, 0.2) is 0 Å². The van der Waals surface area contributed by atoms with Gasteiger partial charge in [-0.05, 0) is 24.6 Å². The molecule has 1 fully saturated rings. The Bertz CT molecular complexity index is 493. The Balaban J connectivity index is 1.96. The third-order valence-corrected chi connectivity index (χ3v) is 3.47. The third kappa shape index (κ3) is 3.01. The van der Waals surface area contributed by atoms with Gasteiger partial charge in [-0.1, -0.05) is 17.8 Å². The number of anilines is 1. The second-order valence-corrected chi connectivity index (χ2v) is 5.11. The summed E-state index contributed by atoms with van der Waals surface area (Å²) in [6, 6.07) is 4.59. The van der Waals surface area contributed by atoms with Gasteiger partial charge in [-0.2, -0.15) is 0 Å². The van der Waals surface area contributed by atoms with Gasteiger partial charge in [-0.15, -0.1) is 0 Å². The van der Waals surface area contributed by atoms with Crippen molar-refractivity contribution in [3.63, 3.8) is 0 Å². The number of hydrogen-bond donors (Lipinski definition) is 1. The molecule has 18 heavy (non-hydrogen) atoms. The molecule has 0 aliphatic carbocycles. The molecule has 0 saturated carbocycles. The van der Waals surface area contributed by atoms with Crippen LogP contribution >= 0.6 is 11.8 Å². The zero-order chi connectivity index (χ0) is 13.1. The fourth-order valence-electron chi connectivity index (χ4n) is 1.65. The Labute approximate surface area is 109 Å². The molecule has 1 aromatic carbocycles. The highest BCUT2D eigenvalue weighted by molar-refractivity contribution is 8.13. The molecule has 0 radical (unpaired) electrons. The number of halogens is 1. The molecule has 1 N–H and O–H groups in total. The number of benzene rings is 1. The summed E-state index contributed by atoms with van der Waals surface area (Å²) in [6.07, 6.45) is 0. The normalized spacial score (nSPS) is 15.0. The van der Waals surface area contributed by atoms with Gasteiger partial charge in [0, 0.05) is 12.3 Å². The first-order valence-electron chi connectivity index (χ1n) is 5.54. The first-order chi connectivity index (χ1) is 8.56. The van der Waals surface area contributed by atoms with Gasteiger partial charge < -0.3 is 10.2 Å². The molecule has 1 heterocycles. The Morgan fingerprint density at radius 3 is 2.94 bits per heavy atom. The van der Waals surface area contributed by atoms with E-state index in [1.54, 1.807) is 13.0 Å². The first kappa shape index (κ1) is 12.9. The summed E-state index contributed by atoms with van der Waals surface area (Å²) < 4.78 is 13.5. The first-order valence-corrected chi connectivity index (χ1v) is 6.52. The van der Waals surface area contributed by atoms with Crippen molar-refractivity contribution in [1.82, 2.24) is 4.90 Å². The standard InChI is InChI=1S/C12H13FN2O2S/c1-8-2-3-10(9(13)6-8)14-11(16)7-15-4-5-18-12(15)17/h2-3,6H,4-5,7H2,1H3,(H,14,16). The van der Waals surface area contributed by atoms with E-state index in [-0.39, 0.29) is 23.4 Å². The van der Waals surface area contributed by atoms with Crippen molar-refractivity contribution >= 4 is 28.6 Å². The molecule has 2 amide bonds. The van der Waals surface area contributed by atoms with E-state index in [4.69, 9.17) is 0 Å². The van der Waals surface area contributed by atoms with E-state index in [0.717, 1.165) is 5.56 Å². The lowest BCUT2D eigenvalue weighted by atomic mass is 10.2. The lowest BCUT2D eigenvalue weighted by Gasteiger charge is -2.14. The number of carbonyl (C=O) groups is 2. The molecule has 0 atom stereocenters. The molecule has 96 valence electrons. The SMILES string of the molecule is Cc1ccc(NC(=O)CN2CCSC2=O)c(F)c1. The van der Waals surface area contributed by atoms with Gasteiger partial charge in [0.25, 0.3) is 5.24 Å². The number of nitrogens with zero attached hydrogens (tertiary/aromatic N) is 1. The smallest absolute Gasteiger partial charge is 0.282 e. The van der Waals surface area contributed by atoms with Crippen LogP contribution < -0.4 is 5.32 Å². The number of hydrogen-bond acceptors (Lipinski definition) is 3. The maximum atomic E-state index is 13.5. The van der Waals surface area contributed by atoms with Crippen LogP contribution in [0.3, 0.4) is 0 Å². The molecule has 0 unspecified atom stereocenters. The van der Waals surface area contributed by atoms with Crippen molar-refractivity contribution < 1.29 is 14.0 Å². The zero-order valence-corrected chi connectivity index (χ0v) is 10.7. The summed E-state index contributed by atoms with van der Waals surface area (Å²) in [5.74, 6) is -0.149. The summed E-state index contributed by atoms with van der Waals surface area (Å²) in [5.41, 5.74) is 0.932. The second-order valence-electron chi connectivity index (χ2n) is 4.07. The average molecular weight is 268 g/mol. The van der Waals surface area contributed by atoms with Crippen molar-refractivity contribution in [2.75, 3.05) is 24.2 Å². The molecule has 1 aliphatic rings. The van der Waals surface area contributed by atoms with E-state index in [2.05, 4.69) is 5.32 Å². The molecule has 2 rings (SSSR count). The van der Waals surface area contributed by atoms with Crippen molar-refractivity contribution in [1.29, 1.82) is 0 Å². The van der Waals surface area contributed by atoms with Crippen LogP contribution in [0, 0.1) is 12.7 Å². The summed E-state index contributed by atoms with van der Waals surface area (Å²) in [6.45, 7) is 2.31. The molecule has 1 aliphatic heterocycles. The van der Waals surface area contributed by atoms with Crippen LogP contribution in [-0.2, 0) is 4.79 Å². The van der Waals surface area contributed by atoms with E-state index in [0.29, 0.717) is 12.3 Å². The van der Waals surface area contributed by atoms with E-state index in [1.165, 1.54) is 28.8 Å². The van der Waals surface area contributed by atoms with Gasteiger partial charge in [0.05, 0.1) is 5.69 Å². The summed E-state index contributed by atoms with van der Waals surface area (Å²) in [5, 5.41) is 2.37. The maximum Gasteiger partial charge on any atom is 0.282 e. The molecule has 6 heteroatoms. The molecule has 0 spiro atoms. The molecular weight excluding hydrogens is 255 g/mol. The van der Waals surface area contributed by atoms with Crippen LogP contribution in [0.4, 0.5) is 14.9 Å². The van der Waals surface area contributed by atoms with Crippen LogP contribution in [0.1, 0.15) is 5.56 Å². The summed E-state index contributed by atoms with van der Waals surface area (Å²) >= 11 is 1.19. The van der Waals surface area contributed by atoms with Crippen molar-refractivity contribution in [3.05, 3.63) is 29.6 Å². The predicted octanol–water partition coefficient (Wildman–Crippen LogP) is 2.24. The largest absolute Gasteiger partial charge is 0.323 e. The van der Waals surface area contributed by atoms with Crippen LogP contribution in [-0.4, -0.2) is 34.9 Å². The number of rotatable bonds is 3. The average Bonchev–Trinajstić information content (AvgIpc) is 2.69. The fourth-order valence-corrected chi connectivity index (χ4v) is 2.48. The quantitative estimate of drug-likeness (QED) is 0.914. The number of aryl methyl sites for hydroxylation is 1. The molecule has 1 aromatic rings. The highest BCUT2D eigenvalue weighted by atomic mass is 32.2. The van der Waals surface area contributed by atoms with Gasteiger partial charge in [-0.3, -0.25) is 9.59 Å². The van der Waals surface area contributed by atoms with E-state index >= 15 is 0 Å². The highest BCUT2D eigenvalue weighted by Gasteiger charge is 2.23. The Morgan fingerprint density at radius 2 is 2.33 bits per heavy atom. The lowest BCUT2D eigenvalue weighted by Crippen LogP contribution is -2.33. The lowest BCUT2D eigenvalue weighted by molar-refractivity contribution is -0.116. The highest BCUT2D eigenvalue weighted by Crippen LogP contribution is 2.18. The van der Waals surface area contributed by atoms with Crippen molar-refractivity contribution in [3.8, 4) is 0 Å². The zero-order valence-electron chi connectivity index (χ0n) is 9.90. The minimum absolute atomic E-state index is 0.0286.